The fraction of sp³-hybridized carbons (Fsp3) is 0.500. The summed E-state index contributed by atoms with van der Waals surface area (Å²) in [5.74, 6) is -1.67. The Bertz CT molecular complexity index is 1650. The molecule has 18 heteroatoms. The number of carbonyl (C=O) groups excluding carboxylic acids is 2. The summed E-state index contributed by atoms with van der Waals surface area (Å²) in [5, 5.41) is 7.39. The van der Waals surface area contributed by atoms with Crippen LogP contribution in [-0.4, -0.2) is 64.6 Å². The molecule has 0 saturated heterocycles. The monoisotopic (exact) mass is 697 g/mol. The zero-order valence-corrected chi connectivity index (χ0v) is 28.1. The molecule has 0 unspecified atom stereocenters. The van der Waals surface area contributed by atoms with Crippen molar-refractivity contribution >= 4 is 64.4 Å². The van der Waals surface area contributed by atoms with E-state index in [1.54, 1.807) is 31.6 Å². The van der Waals surface area contributed by atoms with Gasteiger partial charge in [0.05, 0.1) is 17.2 Å². The number of nitrogens with one attached hydrogen (secondary N) is 2. The number of halogens is 3. The molecule has 44 heavy (non-hydrogen) atoms. The predicted molar refractivity (Wildman–Crippen MR) is 166 cm³/mol. The number of hydrogen-bond donors (Lipinski definition) is 2. The fourth-order valence-corrected chi connectivity index (χ4v) is 7.46. The van der Waals surface area contributed by atoms with Crippen LogP contribution in [0.2, 0.25) is 0 Å². The Labute approximate surface area is 262 Å². The van der Waals surface area contributed by atoms with Crippen LogP contribution in [0.5, 0.6) is 0 Å². The highest BCUT2D eigenvalue weighted by Crippen LogP contribution is 2.32. The van der Waals surface area contributed by atoms with Crippen molar-refractivity contribution in [3.63, 3.8) is 0 Å². The van der Waals surface area contributed by atoms with E-state index in [4.69, 9.17) is 0 Å². The minimum atomic E-state index is -4.61. The van der Waals surface area contributed by atoms with Gasteiger partial charge in [-0.15, -0.1) is 22.7 Å². The number of thiazole rings is 2. The minimum absolute atomic E-state index is 0.0203. The first-order valence-corrected chi connectivity index (χ1v) is 18.2. The Morgan fingerprint density at radius 2 is 1.20 bits per heavy atom. The number of pyridine rings is 1. The standard InChI is InChI=1S/C15H19N3O3S2.C11H15F3N2O3S2/c1-4-9-23(20,21)15(2,3)13(19)18-14-17-12(10-22-14)11-5-7-16-8-6-11;1-4-5-21(18,19)10(2,3)8(17)16-9-15-7(6-20-9)11(12,13)14/h5-8,10H,4,9H2,1-3H3,(H,17,18,19);6H,4-5H2,1-3H3,(H,15,16,17). The molecule has 0 saturated carbocycles. The number of aromatic nitrogens is 3. The lowest BCUT2D eigenvalue weighted by molar-refractivity contribution is -0.140. The van der Waals surface area contributed by atoms with Gasteiger partial charge < -0.3 is 10.6 Å². The van der Waals surface area contributed by atoms with Crippen LogP contribution in [0.15, 0.2) is 35.3 Å². The van der Waals surface area contributed by atoms with Crippen LogP contribution < -0.4 is 10.6 Å². The maximum Gasteiger partial charge on any atom is 0.434 e. The van der Waals surface area contributed by atoms with Crippen LogP contribution in [0.3, 0.4) is 0 Å². The van der Waals surface area contributed by atoms with Crippen LogP contribution in [0.1, 0.15) is 60.1 Å². The molecule has 3 rings (SSSR count). The first-order valence-electron chi connectivity index (χ1n) is 13.2. The number of carbonyl (C=O) groups is 2. The van der Waals surface area contributed by atoms with E-state index in [9.17, 15) is 39.6 Å². The lowest BCUT2D eigenvalue weighted by Crippen LogP contribution is -2.45. The summed E-state index contributed by atoms with van der Waals surface area (Å²) in [6.07, 6.45) is -0.471. The van der Waals surface area contributed by atoms with Gasteiger partial charge in [-0.3, -0.25) is 14.6 Å². The molecule has 0 aliphatic carbocycles. The van der Waals surface area contributed by atoms with Gasteiger partial charge in [-0.25, -0.2) is 26.8 Å². The third-order valence-corrected chi connectivity index (χ3v) is 13.2. The number of nitrogens with zero attached hydrogens (tertiary/aromatic N) is 3. The molecule has 2 N–H and O–H groups in total. The average molecular weight is 698 g/mol. The lowest BCUT2D eigenvalue weighted by Gasteiger charge is -2.22. The second-order valence-electron chi connectivity index (χ2n) is 10.4. The lowest BCUT2D eigenvalue weighted by atomic mass is 10.2. The van der Waals surface area contributed by atoms with Crippen molar-refractivity contribution in [2.24, 2.45) is 0 Å². The second-order valence-corrected chi connectivity index (χ2v) is 17.4. The normalized spacial score (nSPS) is 12.7. The maximum absolute atomic E-state index is 12.4. The average Bonchev–Trinajstić information content (AvgIpc) is 3.59. The first-order chi connectivity index (χ1) is 20.2. The Hall–Kier alpha value is -2.96. The van der Waals surface area contributed by atoms with Gasteiger partial charge in [0.15, 0.2) is 35.6 Å². The van der Waals surface area contributed by atoms with Gasteiger partial charge in [0.2, 0.25) is 11.8 Å². The van der Waals surface area contributed by atoms with Gasteiger partial charge in [-0.1, -0.05) is 13.8 Å². The quantitative estimate of drug-likeness (QED) is 0.265. The van der Waals surface area contributed by atoms with E-state index >= 15 is 0 Å². The molecule has 0 aliphatic heterocycles. The van der Waals surface area contributed by atoms with Gasteiger partial charge in [-0.05, 0) is 52.7 Å². The van der Waals surface area contributed by atoms with E-state index in [1.807, 2.05) is 12.1 Å². The summed E-state index contributed by atoms with van der Waals surface area (Å²) in [6, 6.07) is 3.63. The number of amides is 2. The topological polar surface area (TPSA) is 165 Å². The fourth-order valence-electron chi connectivity index (χ4n) is 3.27. The van der Waals surface area contributed by atoms with Crippen molar-refractivity contribution in [2.75, 3.05) is 22.1 Å². The molecule has 244 valence electrons. The van der Waals surface area contributed by atoms with Crippen molar-refractivity contribution in [1.82, 2.24) is 15.0 Å². The Balaban J connectivity index is 0.000000308. The largest absolute Gasteiger partial charge is 0.434 e. The van der Waals surface area contributed by atoms with E-state index in [0.717, 1.165) is 10.9 Å². The van der Waals surface area contributed by atoms with Crippen LogP contribution in [-0.2, 0) is 35.4 Å². The Morgan fingerprint density at radius 1 is 0.773 bits per heavy atom. The molecule has 0 spiro atoms. The third-order valence-electron chi connectivity index (χ3n) is 6.31. The minimum Gasteiger partial charge on any atom is -0.301 e. The molecule has 0 atom stereocenters. The van der Waals surface area contributed by atoms with Gasteiger partial charge >= 0.3 is 6.18 Å². The third kappa shape index (κ3) is 9.04. The Kier molecular flexibility index (Phi) is 12.2. The molecule has 0 radical (unpaired) electrons. The summed E-state index contributed by atoms with van der Waals surface area (Å²) in [4.78, 5) is 35.9. The van der Waals surface area contributed by atoms with E-state index in [-0.39, 0.29) is 16.6 Å². The van der Waals surface area contributed by atoms with Crippen LogP contribution in [0.25, 0.3) is 11.3 Å². The molecule has 0 aliphatic rings. The second kappa shape index (κ2) is 14.4. The van der Waals surface area contributed by atoms with Crippen molar-refractivity contribution < 1.29 is 39.6 Å². The van der Waals surface area contributed by atoms with E-state index in [1.165, 1.54) is 39.0 Å². The molecule has 3 aromatic heterocycles. The van der Waals surface area contributed by atoms with Crippen LogP contribution in [0.4, 0.5) is 23.4 Å². The Morgan fingerprint density at radius 3 is 1.61 bits per heavy atom. The number of hydrogen-bond acceptors (Lipinski definition) is 11. The van der Waals surface area contributed by atoms with Gasteiger partial charge in [0.25, 0.3) is 0 Å². The van der Waals surface area contributed by atoms with E-state index in [0.29, 0.717) is 35.0 Å². The summed E-state index contributed by atoms with van der Waals surface area (Å²) in [6.45, 7) is 8.70. The first kappa shape index (κ1) is 37.2. The zero-order chi connectivity index (χ0) is 33.6. The summed E-state index contributed by atoms with van der Waals surface area (Å²) >= 11 is 1.84. The van der Waals surface area contributed by atoms with Crippen molar-refractivity contribution in [1.29, 1.82) is 0 Å². The molecule has 0 bridgehead atoms. The smallest absolute Gasteiger partial charge is 0.301 e. The number of alkyl halides is 3. The summed E-state index contributed by atoms with van der Waals surface area (Å²) in [7, 11) is -7.23. The molecule has 0 aromatic carbocycles. The van der Waals surface area contributed by atoms with E-state index in [2.05, 4.69) is 25.6 Å². The van der Waals surface area contributed by atoms with Gasteiger partial charge in [0, 0.05) is 28.7 Å². The van der Waals surface area contributed by atoms with Gasteiger partial charge in [0.1, 0.15) is 9.49 Å². The van der Waals surface area contributed by atoms with E-state index < -0.39 is 52.9 Å². The highest BCUT2D eigenvalue weighted by Gasteiger charge is 2.42. The van der Waals surface area contributed by atoms with Crippen molar-refractivity contribution in [2.45, 2.75) is 70.1 Å². The highest BCUT2D eigenvalue weighted by molar-refractivity contribution is 7.93. The number of rotatable bonds is 11. The van der Waals surface area contributed by atoms with Gasteiger partial charge in [-0.2, -0.15) is 13.2 Å². The molecule has 11 nitrogen and oxygen atoms in total. The number of sulfone groups is 2. The molecule has 2 amide bonds. The molecular formula is C26H34F3N5O6S4. The summed E-state index contributed by atoms with van der Waals surface area (Å²) < 4.78 is 82.4. The molecule has 3 heterocycles. The maximum atomic E-state index is 12.4. The highest BCUT2D eigenvalue weighted by atomic mass is 32.2. The predicted octanol–water partition coefficient (Wildman–Crippen LogP) is 5.45. The number of anilines is 2. The molecule has 3 aromatic rings. The summed E-state index contributed by atoms with van der Waals surface area (Å²) in [5.41, 5.74) is 0.466. The SMILES string of the molecule is CCCS(=O)(=O)C(C)(C)C(=O)Nc1nc(-c2ccncc2)cs1.CCCS(=O)(=O)C(C)(C)C(=O)Nc1nc(C(F)(F)F)cs1. The molecular weight excluding hydrogens is 664 g/mol. The van der Waals surface area contributed by atoms with Crippen LogP contribution >= 0.6 is 22.7 Å². The zero-order valence-electron chi connectivity index (χ0n) is 24.9. The molecule has 0 fully saturated rings. The van der Waals surface area contributed by atoms with Crippen LogP contribution in [0, 0.1) is 0 Å². The van der Waals surface area contributed by atoms with Crippen molar-refractivity contribution in [3.05, 3.63) is 41.0 Å². The van der Waals surface area contributed by atoms with Crippen molar-refractivity contribution in [3.8, 4) is 11.3 Å².